The fourth-order valence-electron chi connectivity index (χ4n) is 3.08. The van der Waals surface area contributed by atoms with Crippen molar-refractivity contribution in [1.82, 2.24) is 14.8 Å². The van der Waals surface area contributed by atoms with E-state index in [0.717, 1.165) is 22.8 Å². The largest absolute Gasteiger partial charge is 0.324 e. The number of hydrogen-bond donors (Lipinski definition) is 1. The average molecular weight is 351 g/mol. The third-order valence-corrected chi connectivity index (χ3v) is 4.72. The van der Waals surface area contributed by atoms with Crippen molar-refractivity contribution >= 4 is 23.2 Å². The molecule has 0 unspecified atom stereocenters. The minimum absolute atomic E-state index is 0.0442. The Hall–Kier alpha value is -2.59. The lowest BCUT2D eigenvalue weighted by atomic mass is 9.98. The van der Waals surface area contributed by atoms with Crippen LogP contribution in [0.2, 0.25) is 5.02 Å². The third kappa shape index (κ3) is 3.05. The highest BCUT2D eigenvalue weighted by molar-refractivity contribution is 6.30. The van der Waals surface area contributed by atoms with Crippen LogP contribution in [0.4, 0.5) is 5.95 Å². The molecule has 0 saturated carbocycles. The van der Waals surface area contributed by atoms with Gasteiger partial charge in [-0.15, -0.1) is 0 Å². The van der Waals surface area contributed by atoms with Crippen LogP contribution in [0.5, 0.6) is 0 Å². The van der Waals surface area contributed by atoms with Crippen molar-refractivity contribution in [2.24, 2.45) is 0 Å². The number of benzene rings is 2. The molecule has 1 aliphatic heterocycles. The van der Waals surface area contributed by atoms with Gasteiger partial charge in [0.05, 0.1) is 0 Å². The second-order valence-corrected chi connectivity index (χ2v) is 6.95. The Labute approximate surface area is 152 Å². The molecule has 0 radical (unpaired) electrons. The molecule has 126 valence electrons. The Morgan fingerprint density at radius 1 is 1.12 bits per heavy atom. The van der Waals surface area contributed by atoms with E-state index in [1.54, 1.807) is 6.33 Å². The van der Waals surface area contributed by atoms with E-state index in [-0.39, 0.29) is 6.04 Å². The zero-order valence-electron chi connectivity index (χ0n) is 14.1. The number of aromatic nitrogens is 3. The first-order valence-corrected chi connectivity index (χ1v) is 8.74. The lowest BCUT2D eigenvalue weighted by Crippen LogP contribution is -2.20. The fourth-order valence-corrected chi connectivity index (χ4v) is 3.28. The molecule has 1 N–H and O–H groups in total. The number of fused-ring (bicyclic) bond motifs is 1. The van der Waals surface area contributed by atoms with Crippen LogP contribution in [-0.2, 0) is 0 Å². The van der Waals surface area contributed by atoms with E-state index in [0.29, 0.717) is 10.9 Å². The van der Waals surface area contributed by atoms with Gasteiger partial charge in [0, 0.05) is 10.7 Å². The molecule has 1 aliphatic rings. The van der Waals surface area contributed by atoms with Crippen LogP contribution >= 0.6 is 11.6 Å². The number of rotatable bonds is 3. The van der Waals surface area contributed by atoms with Crippen LogP contribution < -0.4 is 5.32 Å². The standard InChI is InChI=1S/C20H19ClN4/c1-13(2)14-6-8-15(9-7-14)18-11-19(16-4-3-5-17(21)10-16)25-20(24-18)22-12-23-25/h3-13,19H,1-2H3,(H,22,23,24)/t19-/m1/s1. The van der Waals surface area contributed by atoms with Gasteiger partial charge >= 0.3 is 0 Å². The highest BCUT2D eigenvalue weighted by atomic mass is 35.5. The highest BCUT2D eigenvalue weighted by Gasteiger charge is 2.23. The van der Waals surface area contributed by atoms with Crippen LogP contribution in [0.1, 0.15) is 42.5 Å². The molecule has 0 fully saturated rings. The summed E-state index contributed by atoms with van der Waals surface area (Å²) in [5.74, 6) is 1.25. The number of nitrogens with one attached hydrogen (secondary N) is 1. The van der Waals surface area contributed by atoms with Crippen molar-refractivity contribution in [3.63, 3.8) is 0 Å². The summed E-state index contributed by atoms with van der Waals surface area (Å²) < 4.78 is 1.87. The van der Waals surface area contributed by atoms with Gasteiger partial charge in [0.1, 0.15) is 12.4 Å². The van der Waals surface area contributed by atoms with E-state index in [1.807, 2.05) is 22.9 Å². The molecular weight excluding hydrogens is 332 g/mol. The minimum Gasteiger partial charge on any atom is -0.324 e. The quantitative estimate of drug-likeness (QED) is 0.713. The summed E-state index contributed by atoms with van der Waals surface area (Å²) in [5.41, 5.74) is 4.57. The SMILES string of the molecule is CC(C)c1ccc(C2=C[C@H](c3cccc(Cl)c3)n3ncnc3N2)cc1. The Morgan fingerprint density at radius 2 is 1.92 bits per heavy atom. The van der Waals surface area contributed by atoms with Crippen LogP contribution in [0.15, 0.2) is 60.9 Å². The molecule has 2 aromatic carbocycles. The predicted molar refractivity (Wildman–Crippen MR) is 102 cm³/mol. The van der Waals surface area contributed by atoms with Crippen LogP contribution in [-0.4, -0.2) is 14.8 Å². The molecule has 3 aromatic rings. The van der Waals surface area contributed by atoms with Gasteiger partial charge in [-0.25, -0.2) is 4.68 Å². The van der Waals surface area contributed by atoms with Crippen molar-refractivity contribution in [2.75, 3.05) is 5.32 Å². The van der Waals surface area contributed by atoms with Gasteiger partial charge in [-0.2, -0.15) is 10.1 Å². The smallest absolute Gasteiger partial charge is 0.226 e. The maximum Gasteiger partial charge on any atom is 0.226 e. The summed E-state index contributed by atoms with van der Waals surface area (Å²) in [7, 11) is 0. The number of anilines is 1. The van der Waals surface area contributed by atoms with Crippen molar-refractivity contribution in [2.45, 2.75) is 25.8 Å². The second kappa shape index (κ2) is 6.37. The third-order valence-electron chi connectivity index (χ3n) is 4.49. The van der Waals surface area contributed by atoms with Gasteiger partial charge in [0.2, 0.25) is 5.95 Å². The minimum atomic E-state index is -0.0442. The van der Waals surface area contributed by atoms with Gasteiger partial charge < -0.3 is 5.32 Å². The van der Waals surface area contributed by atoms with E-state index >= 15 is 0 Å². The summed E-state index contributed by atoms with van der Waals surface area (Å²) >= 11 is 6.18. The molecule has 1 atom stereocenters. The van der Waals surface area contributed by atoms with Crippen molar-refractivity contribution in [3.05, 3.63) is 82.6 Å². The molecule has 2 heterocycles. The van der Waals surface area contributed by atoms with Crippen molar-refractivity contribution in [1.29, 1.82) is 0 Å². The normalized spacial score (nSPS) is 16.3. The zero-order valence-corrected chi connectivity index (χ0v) is 14.9. The Kier molecular flexibility index (Phi) is 4.06. The summed E-state index contributed by atoms with van der Waals surface area (Å²) in [4.78, 5) is 4.34. The molecule has 0 spiro atoms. The van der Waals surface area contributed by atoms with E-state index in [1.165, 1.54) is 5.56 Å². The van der Waals surface area contributed by atoms with Gasteiger partial charge in [-0.1, -0.05) is 61.8 Å². The van der Waals surface area contributed by atoms with E-state index in [9.17, 15) is 0 Å². The van der Waals surface area contributed by atoms with Crippen LogP contribution in [0.3, 0.4) is 0 Å². The first-order chi connectivity index (χ1) is 12.1. The Morgan fingerprint density at radius 3 is 2.64 bits per heavy atom. The Bertz CT molecular complexity index is 925. The Balaban J connectivity index is 1.76. The lowest BCUT2D eigenvalue weighted by Gasteiger charge is -2.24. The maximum absolute atomic E-state index is 6.18. The molecule has 0 saturated heterocycles. The van der Waals surface area contributed by atoms with Gasteiger partial charge in [0.25, 0.3) is 0 Å². The number of hydrogen-bond acceptors (Lipinski definition) is 3. The van der Waals surface area contributed by atoms with Crippen LogP contribution in [0.25, 0.3) is 5.70 Å². The molecule has 5 heteroatoms. The second-order valence-electron chi connectivity index (χ2n) is 6.51. The molecule has 0 amide bonds. The molecule has 4 rings (SSSR count). The number of nitrogens with zero attached hydrogens (tertiary/aromatic N) is 3. The average Bonchev–Trinajstić information content (AvgIpc) is 3.09. The molecule has 1 aromatic heterocycles. The zero-order chi connectivity index (χ0) is 17.4. The fraction of sp³-hybridized carbons (Fsp3) is 0.200. The summed E-state index contributed by atoms with van der Waals surface area (Å²) in [6.45, 7) is 4.40. The summed E-state index contributed by atoms with van der Waals surface area (Å²) in [5, 5.41) is 8.46. The molecule has 4 nitrogen and oxygen atoms in total. The lowest BCUT2D eigenvalue weighted by molar-refractivity contribution is 0.612. The number of halogens is 1. The monoisotopic (exact) mass is 350 g/mol. The first kappa shape index (κ1) is 15.9. The number of allylic oxidation sites excluding steroid dienone is 1. The molecule has 0 bridgehead atoms. The van der Waals surface area contributed by atoms with E-state index < -0.39 is 0 Å². The highest BCUT2D eigenvalue weighted by Crippen LogP contribution is 2.33. The summed E-state index contributed by atoms with van der Waals surface area (Å²) in [6, 6.07) is 16.5. The molecular formula is C20H19ClN4. The maximum atomic E-state index is 6.18. The topological polar surface area (TPSA) is 42.7 Å². The van der Waals surface area contributed by atoms with Gasteiger partial charge in [0.15, 0.2) is 0 Å². The molecule has 0 aliphatic carbocycles. The van der Waals surface area contributed by atoms with Crippen molar-refractivity contribution in [3.8, 4) is 0 Å². The summed E-state index contributed by atoms with van der Waals surface area (Å²) in [6.07, 6.45) is 3.73. The predicted octanol–water partition coefficient (Wildman–Crippen LogP) is 5.11. The van der Waals surface area contributed by atoms with Crippen LogP contribution in [0, 0.1) is 0 Å². The van der Waals surface area contributed by atoms with Crippen molar-refractivity contribution < 1.29 is 0 Å². The van der Waals surface area contributed by atoms with E-state index in [4.69, 9.17) is 11.6 Å². The van der Waals surface area contributed by atoms with Gasteiger partial charge in [-0.05, 0) is 40.8 Å². The van der Waals surface area contributed by atoms with E-state index in [2.05, 4.69) is 65.7 Å². The first-order valence-electron chi connectivity index (χ1n) is 8.36. The molecule has 25 heavy (non-hydrogen) atoms. The van der Waals surface area contributed by atoms with Gasteiger partial charge in [-0.3, -0.25) is 0 Å².